The topological polar surface area (TPSA) is 129 Å². The van der Waals surface area contributed by atoms with Crippen LogP contribution in [-0.4, -0.2) is 42.0 Å². The maximum Gasteiger partial charge on any atom is 0.336 e. The molecule has 244 valence electrons. The highest BCUT2D eigenvalue weighted by Gasteiger charge is 2.52. The van der Waals surface area contributed by atoms with Gasteiger partial charge in [0, 0.05) is 23.3 Å². The van der Waals surface area contributed by atoms with Crippen LogP contribution in [0.2, 0.25) is 0 Å². The highest BCUT2D eigenvalue weighted by Crippen LogP contribution is 2.43. The summed E-state index contributed by atoms with van der Waals surface area (Å²) < 4.78 is 40.0. The van der Waals surface area contributed by atoms with E-state index in [0.29, 0.717) is 5.75 Å². The summed E-state index contributed by atoms with van der Waals surface area (Å²) in [6, 6.07) is 29.4. The van der Waals surface area contributed by atoms with E-state index < -0.39 is 45.6 Å². The van der Waals surface area contributed by atoms with E-state index in [4.69, 9.17) is 18.9 Å². The molecule has 0 aliphatic heterocycles. The molecule has 0 aliphatic rings. The number of ketones is 2. The van der Waals surface area contributed by atoms with E-state index in [0.717, 1.165) is 29.3 Å². The summed E-state index contributed by atoms with van der Waals surface area (Å²) in [7, 11) is 2.49. The lowest BCUT2D eigenvalue weighted by Gasteiger charge is -2.26. The molecule has 10 heteroatoms. The summed E-state index contributed by atoms with van der Waals surface area (Å²) in [6.45, 7) is 0.263. The van der Waals surface area contributed by atoms with Gasteiger partial charge in [-0.2, -0.15) is 0 Å². The number of aromatic hydroxyl groups is 1. The first kappa shape index (κ1) is 33.2. The zero-order chi connectivity index (χ0) is 34.3. The van der Waals surface area contributed by atoms with Gasteiger partial charge in [-0.3, -0.25) is 9.59 Å². The third-order valence-electron chi connectivity index (χ3n) is 7.57. The Balaban J connectivity index is 1.61. The quantitative estimate of drug-likeness (QED) is 0.0947. The molecule has 0 aromatic heterocycles. The molecule has 0 fully saturated rings. The van der Waals surface area contributed by atoms with E-state index in [1.165, 1.54) is 50.6 Å². The lowest BCUT2D eigenvalue weighted by atomic mass is 9.79. The van der Waals surface area contributed by atoms with E-state index in [1.54, 1.807) is 24.3 Å². The van der Waals surface area contributed by atoms with E-state index in [-0.39, 0.29) is 36.0 Å². The summed E-state index contributed by atoms with van der Waals surface area (Å²) in [5.74, 6) is -5.14. The van der Waals surface area contributed by atoms with Gasteiger partial charge >= 0.3 is 5.97 Å². The number of halogens is 1. The number of hydrogen-bond acceptors (Lipinski definition) is 8. The number of alkyl halides is 1. The molecular formula is C38H31FO9. The van der Waals surface area contributed by atoms with Crippen molar-refractivity contribution in [3.05, 3.63) is 149 Å². The van der Waals surface area contributed by atoms with Gasteiger partial charge in [-0.05, 0) is 53.6 Å². The molecule has 1 unspecified atom stereocenters. The summed E-state index contributed by atoms with van der Waals surface area (Å²) in [5.41, 5.74) is -4.44. The third-order valence-corrected chi connectivity index (χ3v) is 7.57. The normalized spacial score (nSPS) is 12.0. The van der Waals surface area contributed by atoms with Crippen LogP contribution in [0, 0.1) is 0 Å². The van der Waals surface area contributed by atoms with Crippen molar-refractivity contribution in [1.29, 1.82) is 0 Å². The third kappa shape index (κ3) is 6.97. The average molecular weight is 651 g/mol. The fraction of sp³-hybridized carbons (Fsp3) is 0.132. The van der Waals surface area contributed by atoms with Crippen molar-refractivity contribution in [2.75, 3.05) is 14.2 Å². The molecule has 0 saturated carbocycles. The molecule has 0 bridgehead atoms. The lowest BCUT2D eigenvalue weighted by molar-refractivity contribution is 0.0549. The van der Waals surface area contributed by atoms with Crippen molar-refractivity contribution in [2.24, 2.45) is 0 Å². The number of phenolic OH excluding ortho intramolecular Hbond substituents is 1. The predicted molar refractivity (Wildman–Crippen MR) is 174 cm³/mol. The predicted octanol–water partition coefficient (Wildman–Crippen LogP) is 7.20. The number of benzene rings is 5. The first-order valence-corrected chi connectivity index (χ1v) is 14.7. The maximum atomic E-state index is 17.9. The molecule has 0 heterocycles. The lowest BCUT2D eigenvalue weighted by Crippen LogP contribution is -2.41. The molecule has 9 nitrogen and oxygen atoms in total. The largest absolute Gasteiger partial charge is 0.507 e. The van der Waals surface area contributed by atoms with Gasteiger partial charge in [0.1, 0.15) is 47.5 Å². The monoisotopic (exact) mass is 650 g/mol. The number of carbonyl (C=O) groups is 3. The van der Waals surface area contributed by atoms with Crippen LogP contribution < -0.4 is 18.9 Å². The number of hydrogen-bond donors (Lipinski definition) is 2. The second kappa shape index (κ2) is 14.5. The van der Waals surface area contributed by atoms with Crippen LogP contribution in [0.25, 0.3) is 0 Å². The van der Waals surface area contributed by atoms with Crippen LogP contribution in [0.15, 0.2) is 115 Å². The number of aromatic carboxylic acids is 1. The van der Waals surface area contributed by atoms with Crippen LogP contribution in [0.1, 0.15) is 47.8 Å². The van der Waals surface area contributed by atoms with Crippen molar-refractivity contribution < 1.29 is 47.9 Å². The number of methoxy groups -OCH3 is 2. The van der Waals surface area contributed by atoms with Crippen molar-refractivity contribution >= 4 is 17.5 Å². The van der Waals surface area contributed by atoms with Crippen molar-refractivity contribution in [3.63, 3.8) is 0 Å². The van der Waals surface area contributed by atoms with E-state index in [1.807, 2.05) is 36.4 Å². The molecule has 5 aromatic carbocycles. The smallest absolute Gasteiger partial charge is 0.336 e. The van der Waals surface area contributed by atoms with Crippen molar-refractivity contribution in [3.8, 4) is 28.7 Å². The molecule has 0 saturated heterocycles. The van der Waals surface area contributed by atoms with Gasteiger partial charge in [0.05, 0.1) is 19.8 Å². The Kier molecular flexibility index (Phi) is 10.0. The Morgan fingerprint density at radius 1 is 0.667 bits per heavy atom. The Hall–Kier alpha value is -6.16. The van der Waals surface area contributed by atoms with Crippen LogP contribution in [0.5, 0.6) is 28.7 Å². The summed E-state index contributed by atoms with van der Waals surface area (Å²) in [5, 5.41) is 21.0. The fourth-order valence-corrected chi connectivity index (χ4v) is 5.07. The number of ether oxygens (including phenoxy) is 4. The second-order valence-electron chi connectivity index (χ2n) is 10.6. The highest BCUT2D eigenvalue weighted by molar-refractivity contribution is 6.25. The molecule has 48 heavy (non-hydrogen) atoms. The molecule has 2 N–H and O–H groups in total. The molecule has 5 rings (SSSR count). The van der Waals surface area contributed by atoms with Gasteiger partial charge in [-0.25, -0.2) is 9.18 Å². The van der Waals surface area contributed by atoms with E-state index in [2.05, 4.69) is 0 Å². The first-order chi connectivity index (χ1) is 23.1. The first-order valence-electron chi connectivity index (χ1n) is 14.7. The molecule has 0 radical (unpaired) electrons. The van der Waals surface area contributed by atoms with Crippen LogP contribution >= 0.6 is 0 Å². The molecule has 5 aromatic rings. The summed E-state index contributed by atoms with van der Waals surface area (Å²) >= 11 is 0. The number of phenols is 1. The molecule has 0 aliphatic carbocycles. The number of carboxylic acids is 1. The van der Waals surface area contributed by atoms with E-state index >= 15 is 4.39 Å². The minimum atomic E-state index is -3.69. The zero-order valence-corrected chi connectivity index (χ0v) is 26.0. The number of carbonyl (C=O) groups excluding carboxylic acids is 2. The SMILES string of the molecule is COc1cc(O)c(C(=O)C(F)(C(=O)c2ccc(OCc3ccccc3)cc2)c2cc(OCc3ccccc3)ccc2C(=O)O)c(OC)c1. The van der Waals surface area contributed by atoms with Gasteiger partial charge in [0.15, 0.2) is 0 Å². The van der Waals surface area contributed by atoms with Crippen molar-refractivity contribution in [2.45, 2.75) is 18.9 Å². The van der Waals surface area contributed by atoms with Gasteiger partial charge in [-0.15, -0.1) is 0 Å². The number of carboxylic acid groups (broad SMARTS) is 1. The molecular weight excluding hydrogens is 619 g/mol. The standard InChI is InChI=1S/C38H31FO9/c1-45-29-20-32(40)34(33(21-29)46-2)36(42)38(39,35(41)26-13-15-27(16-14-26)47-22-24-9-5-3-6-10-24)31-19-28(17-18-30(31)37(43)44)48-23-25-11-7-4-8-12-25/h3-21,40H,22-23H2,1-2H3,(H,43,44). The van der Waals surface area contributed by atoms with Gasteiger partial charge in [-0.1, -0.05) is 60.7 Å². The molecule has 0 spiro atoms. The van der Waals surface area contributed by atoms with Crippen LogP contribution in [-0.2, 0) is 18.9 Å². The van der Waals surface area contributed by atoms with Gasteiger partial charge in [0.25, 0.3) is 5.67 Å². The molecule has 1 atom stereocenters. The van der Waals surface area contributed by atoms with Crippen LogP contribution in [0.3, 0.4) is 0 Å². The number of rotatable bonds is 14. The van der Waals surface area contributed by atoms with Gasteiger partial charge in [0.2, 0.25) is 11.6 Å². The minimum Gasteiger partial charge on any atom is -0.507 e. The second-order valence-corrected chi connectivity index (χ2v) is 10.6. The minimum absolute atomic E-state index is 0.00273. The van der Waals surface area contributed by atoms with Crippen LogP contribution in [0.4, 0.5) is 4.39 Å². The summed E-state index contributed by atoms with van der Waals surface area (Å²) in [6.07, 6.45) is 0. The highest BCUT2D eigenvalue weighted by atomic mass is 19.1. The Bertz CT molecular complexity index is 1930. The van der Waals surface area contributed by atoms with E-state index in [9.17, 15) is 24.6 Å². The maximum absolute atomic E-state index is 17.9. The Labute approximate surface area is 275 Å². The van der Waals surface area contributed by atoms with Crippen molar-refractivity contribution in [1.82, 2.24) is 0 Å². The summed E-state index contributed by atoms with van der Waals surface area (Å²) in [4.78, 5) is 41.0. The fourth-order valence-electron chi connectivity index (χ4n) is 5.07. The number of Topliss-reactive ketones (excluding diaryl/α,β-unsaturated/α-hetero) is 2. The zero-order valence-electron chi connectivity index (χ0n) is 26.0. The molecule has 0 amide bonds. The Morgan fingerprint density at radius 3 is 1.77 bits per heavy atom. The van der Waals surface area contributed by atoms with Gasteiger partial charge < -0.3 is 29.2 Å². The Morgan fingerprint density at radius 2 is 1.23 bits per heavy atom. The average Bonchev–Trinajstić information content (AvgIpc) is 3.12.